The van der Waals surface area contributed by atoms with Crippen LogP contribution in [0.3, 0.4) is 0 Å². The van der Waals surface area contributed by atoms with Crippen molar-refractivity contribution < 1.29 is 14.6 Å². The Hall–Kier alpha value is -1.55. The Kier molecular flexibility index (Phi) is 3.80. The van der Waals surface area contributed by atoms with Crippen LogP contribution in [-0.4, -0.2) is 34.7 Å². The molecule has 0 aromatic heterocycles. The Morgan fingerprint density at radius 3 is 2.68 bits per heavy atom. The second-order valence-corrected chi connectivity index (χ2v) is 5.55. The summed E-state index contributed by atoms with van der Waals surface area (Å²) in [6.07, 6.45) is 2.09. The summed E-state index contributed by atoms with van der Waals surface area (Å²) in [7, 11) is 1.55. The van der Waals surface area contributed by atoms with E-state index in [2.05, 4.69) is 0 Å². The number of rotatable bonds is 5. The lowest BCUT2D eigenvalue weighted by atomic mass is 10.1. The molecule has 1 fully saturated rings. The highest BCUT2D eigenvalue weighted by Gasteiger charge is 2.39. The summed E-state index contributed by atoms with van der Waals surface area (Å²) in [4.78, 5) is 14.4. The van der Waals surface area contributed by atoms with Crippen molar-refractivity contribution in [2.75, 3.05) is 7.11 Å². The van der Waals surface area contributed by atoms with E-state index in [4.69, 9.17) is 4.74 Å². The van der Waals surface area contributed by atoms with Gasteiger partial charge in [0.05, 0.1) is 0 Å². The second kappa shape index (κ2) is 5.21. The van der Waals surface area contributed by atoms with Crippen LogP contribution in [0, 0.1) is 0 Å². The molecule has 1 saturated carbocycles. The smallest absolute Gasteiger partial charge is 0.254 e. The molecule has 1 aliphatic rings. The Labute approximate surface area is 114 Å². The number of phenols is 1. The minimum atomic E-state index is -0.806. The Balaban J connectivity index is 2.15. The van der Waals surface area contributed by atoms with Crippen LogP contribution in [-0.2, 0) is 16.1 Å². The minimum Gasteiger partial charge on any atom is -0.508 e. The summed E-state index contributed by atoms with van der Waals surface area (Å²) >= 11 is 0. The number of phenolic OH excluding ortho intramolecular Hbond substituents is 1. The first-order valence-corrected chi connectivity index (χ1v) is 6.58. The quantitative estimate of drug-likeness (QED) is 0.887. The zero-order valence-electron chi connectivity index (χ0n) is 11.7. The number of ether oxygens (including phenoxy) is 1. The van der Waals surface area contributed by atoms with Crippen LogP contribution in [0.1, 0.15) is 32.3 Å². The van der Waals surface area contributed by atoms with Crippen LogP contribution in [0.5, 0.6) is 5.75 Å². The molecule has 4 heteroatoms. The van der Waals surface area contributed by atoms with Gasteiger partial charge in [-0.1, -0.05) is 12.1 Å². The van der Waals surface area contributed by atoms with Crippen molar-refractivity contribution >= 4 is 5.91 Å². The molecule has 0 unspecified atom stereocenters. The van der Waals surface area contributed by atoms with Crippen LogP contribution < -0.4 is 0 Å². The lowest BCUT2D eigenvalue weighted by Crippen LogP contribution is -2.47. The third-order valence-corrected chi connectivity index (χ3v) is 3.54. The predicted molar refractivity (Wildman–Crippen MR) is 72.8 cm³/mol. The summed E-state index contributed by atoms with van der Waals surface area (Å²) in [5.41, 5.74) is 0.131. The molecule has 1 aliphatic carbocycles. The van der Waals surface area contributed by atoms with Gasteiger partial charge in [0.2, 0.25) is 0 Å². The molecular weight excluding hydrogens is 242 g/mol. The first-order valence-electron chi connectivity index (χ1n) is 6.58. The highest BCUT2D eigenvalue weighted by Crippen LogP contribution is 2.31. The number of benzene rings is 1. The molecule has 2 rings (SSSR count). The number of aromatic hydroxyl groups is 1. The number of carbonyl (C=O) groups excluding carboxylic acids is 1. The third kappa shape index (κ3) is 3.26. The number of hydrogen-bond acceptors (Lipinski definition) is 3. The molecular formula is C15H21NO3. The van der Waals surface area contributed by atoms with Crippen molar-refractivity contribution in [3.63, 3.8) is 0 Å². The van der Waals surface area contributed by atoms with Crippen LogP contribution in [0.15, 0.2) is 24.3 Å². The Morgan fingerprint density at radius 2 is 2.16 bits per heavy atom. The number of carbonyl (C=O) groups is 1. The first-order chi connectivity index (χ1) is 8.94. The Morgan fingerprint density at radius 1 is 1.47 bits per heavy atom. The molecule has 1 amide bonds. The lowest BCUT2D eigenvalue weighted by molar-refractivity contribution is -0.152. The van der Waals surface area contributed by atoms with Gasteiger partial charge in [-0.25, -0.2) is 0 Å². The maximum atomic E-state index is 12.5. The average Bonchev–Trinajstić information content (AvgIpc) is 3.19. The SMILES string of the molecule is COC(C)(C)C(=O)N(Cc1cccc(O)c1)C1CC1. The summed E-state index contributed by atoms with van der Waals surface area (Å²) in [5.74, 6) is 0.229. The van der Waals surface area contributed by atoms with Gasteiger partial charge in [-0.2, -0.15) is 0 Å². The molecule has 0 radical (unpaired) electrons. The van der Waals surface area contributed by atoms with E-state index in [1.165, 1.54) is 0 Å². The molecule has 1 N–H and O–H groups in total. The van der Waals surface area contributed by atoms with Crippen molar-refractivity contribution in [1.82, 2.24) is 4.90 Å². The second-order valence-electron chi connectivity index (χ2n) is 5.55. The average molecular weight is 263 g/mol. The van der Waals surface area contributed by atoms with E-state index in [-0.39, 0.29) is 11.7 Å². The Bertz CT molecular complexity index is 466. The molecule has 0 spiro atoms. The maximum Gasteiger partial charge on any atom is 0.254 e. The lowest BCUT2D eigenvalue weighted by Gasteiger charge is -2.31. The molecule has 4 nitrogen and oxygen atoms in total. The van der Waals surface area contributed by atoms with Crippen molar-refractivity contribution in [2.24, 2.45) is 0 Å². The van der Waals surface area contributed by atoms with Gasteiger partial charge in [0.1, 0.15) is 11.4 Å². The van der Waals surface area contributed by atoms with E-state index in [0.29, 0.717) is 12.6 Å². The molecule has 1 aromatic carbocycles. The molecule has 104 valence electrons. The van der Waals surface area contributed by atoms with Crippen molar-refractivity contribution in [3.8, 4) is 5.75 Å². The van der Waals surface area contributed by atoms with Gasteiger partial charge < -0.3 is 14.7 Å². The fourth-order valence-electron chi connectivity index (χ4n) is 2.04. The minimum absolute atomic E-state index is 0.000780. The van der Waals surface area contributed by atoms with Crippen LogP contribution in [0.4, 0.5) is 0 Å². The van der Waals surface area contributed by atoms with Crippen LogP contribution in [0.2, 0.25) is 0 Å². The van der Waals surface area contributed by atoms with E-state index >= 15 is 0 Å². The summed E-state index contributed by atoms with van der Waals surface area (Å²) in [6.45, 7) is 4.09. The molecule has 0 atom stereocenters. The standard InChI is InChI=1S/C15H21NO3/c1-15(2,19-3)14(18)16(12-7-8-12)10-11-5-4-6-13(17)9-11/h4-6,9,12,17H,7-8,10H2,1-3H3. The summed E-state index contributed by atoms with van der Waals surface area (Å²) < 4.78 is 5.28. The topological polar surface area (TPSA) is 49.8 Å². The van der Waals surface area contributed by atoms with Gasteiger partial charge in [0.15, 0.2) is 0 Å². The van der Waals surface area contributed by atoms with Gasteiger partial charge >= 0.3 is 0 Å². The number of nitrogens with zero attached hydrogens (tertiary/aromatic N) is 1. The molecule has 0 bridgehead atoms. The number of amides is 1. The molecule has 0 aliphatic heterocycles. The molecule has 0 saturated heterocycles. The molecule has 19 heavy (non-hydrogen) atoms. The van der Waals surface area contributed by atoms with Gasteiger partial charge in [-0.15, -0.1) is 0 Å². The zero-order chi connectivity index (χ0) is 14.0. The van der Waals surface area contributed by atoms with Gasteiger partial charge in [-0.05, 0) is 44.4 Å². The monoisotopic (exact) mass is 263 g/mol. The highest BCUT2D eigenvalue weighted by molar-refractivity contribution is 5.85. The van der Waals surface area contributed by atoms with E-state index in [0.717, 1.165) is 18.4 Å². The molecule has 1 aromatic rings. The number of hydrogen-bond donors (Lipinski definition) is 1. The maximum absolute atomic E-state index is 12.5. The van der Waals surface area contributed by atoms with Crippen LogP contribution in [0.25, 0.3) is 0 Å². The van der Waals surface area contributed by atoms with E-state index in [1.54, 1.807) is 39.2 Å². The molecule has 0 heterocycles. The van der Waals surface area contributed by atoms with Crippen molar-refractivity contribution in [2.45, 2.75) is 44.9 Å². The predicted octanol–water partition coefficient (Wildman–Crippen LogP) is 2.31. The number of methoxy groups -OCH3 is 1. The van der Waals surface area contributed by atoms with Crippen molar-refractivity contribution in [1.29, 1.82) is 0 Å². The first kappa shape index (κ1) is 13.9. The summed E-state index contributed by atoms with van der Waals surface area (Å²) in [5, 5.41) is 9.50. The normalized spacial score (nSPS) is 15.3. The third-order valence-electron chi connectivity index (χ3n) is 3.54. The summed E-state index contributed by atoms with van der Waals surface area (Å²) in [6, 6.07) is 7.35. The highest BCUT2D eigenvalue weighted by atomic mass is 16.5. The van der Waals surface area contributed by atoms with Crippen molar-refractivity contribution in [3.05, 3.63) is 29.8 Å². The van der Waals surface area contributed by atoms with Crippen LogP contribution >= 0.6 is 0 Å². The fraction of sp³-hybridized carbons (Fsp3) is 0.533. The van der Waals surface area contributed by atoms with Gasteiger partial charge in [0.25, 0.3) is 5.91 Å². The zero-order valence-corrected chi connectivity index (χ0v) is 11.7. The van der Waals surface area contributed by atoms with E-state index in [1.807, 2.05) is 11.0 Å². The fourth-order valence-corrected chi connectivity index (χ4v) is 2.04. The van der Waals surface area contributed by atoms with Gasteiger partial charge in [-0.3, -0.25) is 4.79 Å². The van der Waals surface area contributed by atoms with E-state index < -0.39 is 5.60 Å². The van der Waals surface area contributed by atoms with Gasteiger partial charge in [0, 0.05) is 19.7 Å². The van der Waals surface area contributed by atoms with E-state index in [9.17, 15) is 9.90 Å². The largest absolute Gasteiger partial charge is 0.508 e.